The summed E-state index contributed by atoms with van der Waals surface area (Å²) in [7, 11) is 0. The maximum Gasteiger partial charge on any atom is 0.253 e. The van der Waals surface area contributed by atoms with Gasteiger partial charge in [-0.2, -0.15) is 0 Å². The second kappa shape index (κ2) is 9.41. The minimum Gasteiger partial charge on any atom is -0.352 e. The van der Waals surface area contributed by atoms with Crippen LogP contribution < -0.4 is 4.90 Å². The van der Waals surface area contributed by atoms with Gasteiger partial charge in [-0.1, -0.05) is 38.0 Å². The Morgan fingerprint density at radius 3 is 2.61 bits per heavy atom. The minimum atomic E-state index is 0.132. The standard InChI is InChI=1S/C27H34N4OS/c1-4-5-6-23-28-25(24-21-12-9-19(3)17-22(21)33-26(24)29-23)30-13-15-31(16-14-30)27(32)20-10-7-18(2)8-11-20/h7-8,10-11,19H,4-6,9,12-17H2,1-3H3. The lowest BCUT2D eigenvalue weighted by molar-refractivity contribution is 0.0746. The molecule has 1 saturated heterocycles. The van der Waals surface area contributed by atoms with Gasteiger partial charge in [0, 0.05) is 43.0 Å². The van der Waals surface area contributed by atoms with Crippen LogP contribution >= 0.6 is 11.3 Å². The van der Waals surface area contributed by atoms with E-state index in [1.54, 1.807) is 0 Å². The van der Waals surface area contributed by atoms with Gasteiger partial charge in [0.25, 0.3) is 5.91 Å². The molecule has 3 heterocycles. The van der Waals surface area contributed by atoms with Gasteiger partial charge in [-0.15, -0.1) is 11.3 Å². The Morgan fingerprint density at radius 2 is 1.88 bits per heavy atom. The first-order chi connectivity index (χ1) is 16.0. The molecule has 2 aromatic heterocycles. The van der Waals surface area contributed by atoms with Gasteiger partial charge in [0.2, 0.25) is 0 Å². The number of hydrogen-bond donors (Lipinski definition) is 0. The van der Waals surface area contributed by atoms with Gasteiger partial charge in [-0.3, -0.25) is 4.79 Å². The van der Waals surface area contributed by atoms with Crippen LogP contribution in [0.15, 0.2) is 24.3 Å². The number of unbranched alkanes of at least 4 members (excludes halogenated alkanes) is 1. The van der Waals surface area contributed by atoms with Crippen molar-refractivity contribution in [1.82, 2.24) is 14.9 Å². The number of carbonyl (C=O) groups is 1. The molecule has 1 unspecified atom stereocenters. The minimum absolute atomic E-state index is 0.132. The number of aromatic nitrogens is 2. The van der Waals surface area contributed by atoms with E-state index in [-0.39, 0.29) is 5.91 Å². The van der Waals surface area contributed by atoms with E-state index in [4.69, 9.17) is 9.97 Å². The molecule has 1 aliphatic carbocycles. The third-order valence-electron chi connectivity index (χ3n) is 7.10. The molecular formula is C27H34N4OS. The van der Waals surface area contributed by atoms with Crippen molar-refractivity contribution in [2.24, 2.45) is 5.92 Å². The smallest absolute Gasteiger partial charge is 0.253 e. The van der Waals surface area contributed by atoms with Crippen molar-refractivity contribution in [1.29, 1.82) is 0 Å². The summed E-state index contributed by atoms with van der Waals surface area (Å²) < 4.78 is 0. The van der Waals surface area contributed by atoms with Crippen molar-refractivity contribution < 1.29 is 4.79 Å². The Balaban J connectivity index is 1.41. The fraction of sp³-hybridized carbons (Fsp3) is 0.519. The van der Waals surface area contributed by atoms with Crippen LogP contribution in [0.3, 0.4) is 0 Å². The molecule has 2 aliphatic rings. The number of hydrogen-bond acceptors (Lipinski definition) is 5. The maximum absolute atomic E-state index is 13.0. The van der Waals surface area contributed by atoms with Crippen molar-refractivity contribution in [3.05, 3.63) is 51.7 Å². The zero-order chi connectivity index (χ0) is 22.9. The monoisotopic (exact) mass is 462 g/mol. The summed E-state index contributed by atoms with van der Waals surface area (Å²) in [6.45, 7) is 9.72. The Kier molecular flexibility index (Phi) is 6.37. The molecule has 5 nitrogen and oxygen atoms in total. The molecule has 0 spiro atoms. The van der Waals surface area contributed by atoms with E-state index in [0.717, 1.165) is 75.0 Å². The number of anilines is 1. The largest absolute Gasteiger partial charge is 0.352 e. The average molecular weight is 463 g/mol. The quantitative estimate of drug-likeness (QED) is 0.507. The molecule has 3 aromatic rings. The number of thiophene rings is 1. The van der Waals surface area contributed by atoms with Crippen LogP contribution in [0, 0.1) is 12.8 Å². The van der Waals surface area contributed by atoms with Gasteiger partial charge < -0.3 is 9.80 Å². The van der Waals surface area contributed by atoms with Crippen molar-refractivity contribution in [2.75, 3.05) is 31.1 Å². The summed E-state index contributed by atoms with van der Waals surface area (Å²) >= 11 is 1.89. The molecule has 1 atom stereocenters. The highest BCUT2D eigenvalue weighted by Gasteiger charge is 2.28. The first-order valence-corrected chi connectivity index (χ1v) is 13.3. The lowest BCUT2D eigenvalue weighted by Gasteiger charge is -2.36. The van der Waals surface area contributed by atoms with E-state index in [1.807, 2.05) is 47.4 Å². The zero-order valence-corrected chi connectivity index (χ0v) is 20.9. The SMILES string of the molecule is CCCCc1nc(N2CCN(C(=O)c3ccc(C)cc3)CC2)c2c3c(sc2n1)CC(C)CC3. The molecule has 1 fully saturated rings. The Bertz CT molecular complexity index is 1150. The number of rotatable bonds is 5. The predicted octanol–water partition coefficient (Wildman–Crippen LogP) is 5.43. The number of piperazine rings is 1. The van der Waals surface area contributed by atoms with E-state index in [2.05, 4.69) is 18.7 Å². The van der Waals surface area contributed by atoms with Gasteiger partial charge in [0.1, 0.15) is 16.5 Å². The highest BCUT2D eigenvalue weighted by Crippen LogP contribution is 2.41. The van der Waals surface area contributed by atoms with Gasteiger partial charge in [-0.05, 0) is 56.2 Å². The number of benzene rings is 1. The molecule has 174 valence electrons. The van der Waals surface area contributed by atoms with Crippen LogP contribution in [0.1, 0.15) is 65.3 Å². The summed E-state index contributed by atoms with van der Waals surface area (Å²) in [5.74, 6) is 2.97. The van der Waals surface area contributed by atoms with Crippen LogP contribution in [0.2, 0.25) is 0 Å². The molecule has 0 radical (unpaired) electrons. The Hall–Kier alpha value is -2.47. The molecule has 1 aliphatic heterocycles. The second-order valence-electron chi connectivity index (χ2n) is 9.74. The van der Waals surface area contributed by atoms with Crippen molar-refractivity contribution in [3.63, 3.8) is 0 Å². The number of nitrogens with zero attached hydrogens (tertiary/aromatic N) is 4. The third-order valence-corrected chi connectivity index (χ3v) is 8.25. The van der Waals surface area contributed by atoms with Crippen LogP contribution in [0.5, 0.6) is 0 Å². The van der Waals surface area contributed by atoms with E-state index in [1.165, 1.54) is 39.1 Å². The molecule has 0 bridgehead atoms. The van der Waals surface area contributed by atoms with E-state index in [9.17, 15) is 4.79 Å². The number of carbonyl (C=O) groups excluding carboxylic acids is 1. The molecule has 0 saturated carbocycles. The fourth-order valence-electron chi connectivity index (χ4n) is 5.04. The fourth-order valence-corrected chi connectivity index (χ4v) is 6.44. The first-order valence-electron chi connectivity index (χ1n) is 12.5. The van der Waals surface area contributed by atoms with Gasteiger partial charge in [0.05, 0.1) is 5.39 Å². The van der Waals surface area contributed by atoms with Crippen LogP contribution in [0.4, 0.5) is 5.82 Å². The maximum atomic E-state index is 13.0. The van der Waals surface area contributed by atoms with Crippen molar-refractivity contribution in [2.45, 2.75) is 59.3 Å². The number of amides is 1. The first kappa shape index (κ1) is 22.3. The Labute approximate surface area is 200 Å². The van der Waals surface area contributed by atoms with Crippen LogP contribution in [-0.4, -0.2) is 47.0 Å². The molecule has 1 amide bonds. The van der Waals surface area contributed by atoms with Gasteiger partial charge in [-0.25, -0.2) is 9.97 Å². The van der Waals surface area contributed by atoms with E-state index >= 15 is 0 Å². The number of fused-ring (bicyclic) bond motifs is 3. The molecule has 0 N–H and O–H groups in total. The van der Waals surface area contributed by atoms with Crippen molar-refractivity contribution >= 4 is 33.3 Å². The van der Waals surface area contributed by atoms with Crippen LogP contribution in [0.25, 0.3) is 10.2 Å². The Morgan fingerprint density at radius 1 is 1.12 bits per heavy atom. The topological polar surface area (TPSA) is 49.3 Å². The van der Waals surface area contributed by atoms with Crippen molar-refractivity contribution in [3.8, 4) is 0 Å². The average Bonchev–Trinajstić information content (AvgIpc) is 3.19. The molecule has 1 aromatic carbocycles. The summed E-state index contributed by atoms with van der Waals surface area (Å²) in [6, 6.07) is 7.91. The molecular weight excluding hydrogens is 428 g/mol. The molecule has 5 rings (SSSR count). The van der Waals surface area contributed by atoms with Gasteiger partial charge in [0.15, 0.2) is 0 Å². The normalized spacial score (nSPS) is 18.6. The predicted molar refractivity (Wildman–Crippen MR) is 137 cm³/mol. The molecule has 33 heavy (non-hydrogen) atoms. The summed E-state index contributed by atoms with van der Waals surface area (Å²) in [6.07, 6.45) is 6.74. The highest BCUT2D eigenvalue weighted by molar-refractivity contribution is 7.19. The number of aryl methyl sites for hydroxylation is 3. The summed E-state index contributed by atoms with van der Waals surface area (Å²) in [5, 5.41) is 1.29. The highest BCUT2D eigenvalue weighted by atomic mass is 32.1. The summed E-state index contributed by atoms with van der Waals surface area (Å²) in [5.41, 5.74) is 3.45. The van der Waals surface area contributed by atoms with E-state index < -0.39 is 0 Å². The molecule has 6 heteroatoms. The second-order valence-corrected chi connectivity index (χ2v) is 10.8. The van der Waals surface area contributed by atoms with E-state index in [0.29, 0.717) is 0 Å². The lowest BCUT2D eigenvalue weighted by atomic mass is 9.89. The summed E-state index contributed by atoms with van der Waals surface area (Å²) in [4.78, 5) is 30.2. The van der Waals surface area contributed by atoms with Crippen LogP contribution in [-0.2, 0) is 19.3 Å². The third kappa shape index (κ3) is 4.50. The lowest BCUT2D eigenvalue weighted by Crippen LogP contribution is -2.49. The van der Waals surface area contributed by atoms with Gasteiger partial charge >= 0.3 is 0 Å². The zero-order valence-electron chi connectivity index (χ0n) is 20.1.